The summed E-state index contributed by atoms with van der Waals surface area (Å²) in [5, 5.41) is 1.38. The van der Waals surface area contributed by atoms with Crippen LogP contribution in [-0.4, -0.2) is 0 Å². The third kappa shape index (κ3) is 3.12. The molecule has 27 heavy (non-hydrogen) atoms. The number of benzene rings is 2. The molecule has 0 unspecified atom stereocenters. The molecule has 2 aromatic heterocycles. The van der Waals surface area contributed by atoms with Crippen LogP contribution in [0.3, 0.4) is 0 Å². The van der Waals surface area contributed by atoms with Crippen LogP contribution in [0.5, 0.6) is 0 Å². The molecule has 0 aliphatic carbocycles. The van der Waals surface area contributed by atoms with E-state index in [-0.39, 0.29) is 11.2 Å². The summed E-state index contributed by atoms with van der Waals surface area (Å²) < 4.78 is 23.1. The molecule has 0 atom stereocenters. The summed E-state index contributed by atoms with van der Waals surface area (Å²) in [5.41, 5.74) is 5.68. The van der Waals surface area contributed by atoms with Crippen LogP contribution >= 0.6 is 0 Å². The molecule has 4 aromatic rings. The number of pyridine rings is 1. The summed E-state index contributed by atoms with van der Waals surface area (Å²) in [6, 6.07) is 13.6. The molecule has 0 aliphatic heterocycles. The van der Waals surface area contributed by atoms with Crippen LogP contribution in [0.1, 0.15) is 31.9 Å². The molecule has 0 saturated heterocycles. The van der Waals surface area contributed by atoms with Gasteiger partial charge in [-0.05, 0) is 42.0 Å². The average Bonchev–Trinajstić information content (AvgIpc) is 2.95. The topological polar surface area (TPSA) is 17.0 Å². The molecule has 0 saturated carbocycles. The number of halogens is 1. The summed E-state index contributed by atoms with van der Waals surface area (Å²) in [6.45, 7) is 8.66. The van der Waals surface area contributed by atoms with E-state index in [2.05, 4.69) is 43.7 Å². The summed E-state index contributed by atoms with van der Waals surface area (Å²) >= 11 is 0. The van der Waals surface area contributed by atoms with Crippen LogP contribution in [0.4, 0.5) is 4.39 Å². The number of nitrogens with zero attached hydrogens (tertiary/aromatic N) is 1. The third-order valence-corrected chi connectivity index (χ3v) is 5.00. The van der Waals surface area contributed by atoms with Gasteiger partial charge in [-0.3, -0.25) is 0 Å². The number of furan rings is 1. The SMILES string of the molecule is Cc1cc(F)c2c(oc3ccccc32)c1-c1cc(CC(C)(C)C)cc[n+]1C. The highest BCUT2D eigenvalue weighted by Gasteiger charge is 2.24. The van der Waals surface area contributed by atoms with Crippen molar-refractivity contribution in [1.29, 1.82) is 0 Å². The molecule has 2 aromatic carbocycles. The fraction of sp³-hybridized carbons (Fsp3) is 0.292. The second-order valence-corrected chi connectivity index (χ2v) is 8.62. The Morgan fingerprint density at radius 2 is 1.81 bits per heavy atom. The summed E-state index contributed by atoms with van der Waals surface area (Å²) in [6.07, 6.45) is 3.05. The number of aromatic nitrogens is 1. The lowest BCUT2D eigenvalue weighted by Crippen LogP contribution is -2.31. The largest absolute Gasteiger partial charge is 0.455 e. The first-order valence-corrected chi connectivity index (χ1v) is 9.34. The van der Waals surface area contributed by atoms with Crippen molar-refractivity contribution in [2.24, 2.45) is 12.5 Å². The summed E-state index contributed by atoms with van der Waals surface area (Å²) in [5.74, 6) is -0.232. The first-order chi connectivity index (χ1) is 12.7. The van der Waals surface area contributed by atoms with Gasteiger partial charge in [0.2, 0.25) is 5.69 Å². The van der Waals surface area contributed by atoms with Gasteiger partial charge in [0.05, 0.1) is 10.9 Å². The maximum absolute atomic E-state index is 14.8. The maximum atomic E-state index is 14.8. The number of hydrogen-bond acceptors (Lipinski definition) is 1. The van der Waals surface area contributed by atoms with Crippen molar-refractivity contribution in [3.63, 3.8) is 0 Å². The van der Waals surface area contributed by atoms with Gasteiger partial charge >= 0.3 is 0 Å². The lowest BCUT2D eigenvalue weighted by Gasteiger charge is -2.18. The minimum Gasteiger partial charge on any atom is -0.455 e. The molecular formula is C24H25FNO+. The zero-order valence-corrected chi connectivity index (χ0v) is 16.6. The fourth-order valence-corrected chi connectivity index (χ4v) is 3.87. The Kier molecular flexibility index (Phi) is 4.06. The second-order valence-electron chi connectivity index (χ2n) is 8.62. The summed E-state index contributed by atoms with van der Waals surface area (Å²) in [7, 11) is 2.02. The lowest BCUT2D eigenvalue weighted by atomic mass is 9.87. The zero-order valence-electron chi connectivity index (χ0n) is 16.6. The smallest absolute Gasteiger partial charge is 0.216 e. The molecule has 2 nitrogen and oxygen atoms in total. The van der Waals surface area contributed by atoms with E-state index in [0.717, 1.165) is 28.6 Å². The quantitative estimate of drug-likeness (QED) is 0.393. The predicted molar refractivity (Wildman–Crippen MR) is 108 cm³/mol. The monoisotopic (exact) mass is 362 g/mol. The van der Waals surface area contributed by atoms with E-state index < -0.39 is 0 Å². The highest BCUT2D eigenvalue weighted by atomic mass is 19.1. The van der Waals surface area contributed by atoms with Crippen molar-refractivity contribution >= 4 is 21.9 Å². The molecule has 0 bridgehead atoms. The van der Waals surface area contributed by atoms with E-state index in [4.69, 9.17) is 4.42 Å². The Bertz CT molecular complexity index is 1160. The minimum atomic E-state index is -0.232. The number of fused-ring (bicyclic) bond motifs is 3. The van der Waals surface area contributed by atoms with E-state index in [1.807, 2.05) is 38.2 Å². The van der Waals surface area contributed by atoms with Crippen molar-refractivity contribution in [1.82, 2.24) is 0 Å². The van der Waals surface area contributed by atoms with E-state index in [0.29, 0.717) is 16.6 Å². The number of para-hydroxylation sites is 1. The molecule has 0 aliphatic rings. The maximum Gasteiger partial charge on any atom is 0.216 e. The van der Waals surface area contributed by atoms with Gasteiger partial charge in [0, 0.05) is 17.5 Å². The van der Waals surface area contributed by atoms with Crippen LogP contribution in [0.25, 0.3) is 33.2 Å². The first-order valence-electron chi connectivity index (χ1n) is 9.34. The van der Waals surface area contributed by atoms with Gasteiger partial charge in [0.25, 0.3) is 0 Å². The van der Waals surface area contributed by atoms with Crippen molar-refractivity contribution in [2.45, 2.75) is 34.1 Å². The molecule has 0 spiro atoms. The molecular weight excluding hydrogens is 337 g/mol. The van der Waals surface area contributed by atoms with Crippen LogP contribution in [0.15, 0.2) is 53.1 Å². The highest BCUT2D eigenvalue weighted by molar-refractivity contribution is 6.10. The van der Waals surface area contributed by atoms with Crippen molar-refractivity contribution in [2.75, 3.05) is 0 Å². The van der Waals surface area contributed by atoms with Crippen molar-refractivity contribution < 1.29 is 13.4 Å². The molecule has 0 amide bonds. The second kappa shape index (κ2) is 6.19. The van der Waals surface area contributed by atoms with Crippen molar-refractivity contribution in [3.05, 3.63) is 65.6 Å². The predicted octanol–water partition coefficient (Wildman–Crippen LogP) is 6.11. The first kappa shape index (κ1) is 17.7. The Hall–Kier alpha value is -2.68. The minimum absolute atomic E-state index is 0.198. The lowest BCUT2D eigenvalue weighted by molar-refractivity contribution is -0.660. The van der Waals surface area contributed by atoms with Gasteiger partial charge in [0.1, 0.15) is 18.4 Å². The van der Waals surface area contributed by atoms with Crippen LogP contribution in [0, 0.1) is 18.2 Å². The summed E-state index contributed by atoms with van der Waals surface area (Å²) in [4.78, 5) is 0. The van der Waals surface area contributed by atoms with E-state index in [1.54, 1.807) is 6.07 Å². The van der Waals surface area contributed by atoms with Gasteiger partial charge in [-0.1, -0.05) is 39.0 Å². The normalized spacial score (nSPS) is 12.2. The highest BCUT2D eigenvalue weighted by Crippen LogP contribution is 2.38. The van der Waals surface area contributed by atoms with Gasteiger partial charge in [-0.15, -0.1) is 0 Å². The molecule has 0 radical (unpaired) electrons. The van der Waals surface area contributed by atoms with Gasteiger partial charge < -0.3 is 4.42 Å². The number of hydrogen-bond donors (Lipinski definition) is 0. The number of rotatable bonds is 2. The van der Waals surface area contributed by atoms with Crippen LogP contribution in [0.2, 0.25) is 0 Å². The van der Waals surface area contributed by atoms with E-state index in [9.17, 15) is 4.39 Å². The Morgan fingerprint density at radius 1 is 1.07 bits per heavy atom. The molecule has 3 heteroatoms. The van der Waals surface area contributed by atoms with E-state index >= 15 is 0 Å². The van der Waals surface area contributed by atoms with Crippen LogP contribution < -0.4 is 4.57 Å². The van der Waals surface area contributed by atoms with Gasteiger partial charge in [-0.25, -0.2) is 8.96 Å². The van der Waals surface area contributed by atoms with Crippen LogP contribution in [-0.2, 0) is 13.5 Å². The van der Waals surface area contributed by atoms with E-state index in [1.165, 1.54) is 5.56 Å². The third-order valence-electron chi connectivity index (χ3n) is 5.00. The molecule has 0 N–H and O–H groups in total. The average molecular weight is 362 g/mol. The Balaban J connectivity index is 2.03. The van der Waals surface area contributed by atoms with Gasteiger partial charge in [0.15, 0.2) is 11.8 Å². The van der Waals surface area contributed by atoms with Crippen molar-refractivity contribution in [3.8, 4) is 11.3 Å². The number of aryl methyl sites for hydroxylation is 2. The van der Waals surface area contributed by atoms with Gasteiger partial charge in [-0.2, -0.15) is 0 Å². The standard InChI is InChI=1S/C24H25FNO/c1-15-12-18(25)22-17-8-6-7-9-20(17)27-23(22)21(15)19-13-16(10-11-26(19)5)14-24(2,3)4/h6-13H,14H2,1-5H3/q+1. The Labute approximate surface area is 159 Å². The zero-order chi connectivity index (χ0) is 19.3. The fourth-order valence-electron chi connectivity index (χ4n) is 3.87. The Morgan fingerprint density at radius 3 is 2.56 bits per heavy atom. The molecule has 2 heterocycles. The molecule has 4 rings (SSSR count). The molecule has 0 fully saturated rings. The molecule has 138 valence electrons.